The van der Waals surface area contributed by atoms with Crippen molar-refractivity contribution in [3.63, 3.8) is 0 Å². The average Bonchev–Trinajstić information content (AvgIpc) is 3.31. The molecule has 1 aromatic heterocycles. The number of hydrogen-bond acceptors (Lipinski definition) is 4. The number of fused-ring (bicyclic) bond motifs is 1. The summed E-state index contributed by atoms with van der Waals surface area (Å²) in [6, 6.07) is 21.2. The molecule has 152 valence electrons. The number of benzene rings is 3. The molecule has 0 saturated heterocycles. The van der Waals surface area contributed by atoms with Crippen molar-refractivity contribution < 1.29 is 4.79 Å². The minimum Gasteiger partial charge on any atom is -0.266 e. The minimum absolute atomic E-state index is 0.193. The molecule has 5 rings (SSSR count). The van der Waals surface area contributed by atoms with E-state index < -0.39 is 0 Å². The maximum Gasteiger partial charge on any atom is 0.284 e. The number of hydrogen-bond donors (Lipinski definition) is 0. The largest absolute Gasteiger partial charge is 0.284 e. The summed E-state index contributed by atoms with van der Waals surface area (Å²) in [5.74, 6) is 0.389. The Bertz CT molecular complexity index is 1330. The highest BCUT2D eigenvalue weighted by Crippen LogP contribution is 2.35. The zero-order valence-electron chi connectivity index (χ0n) is 17.0. The third kappa shape index (κ3) is 3.67. The molecule has 4 aromatic rings. The van der Waals surface area contributed by atoms with Gasteiger partial charge in [-0.1, -0.05) is 65.4 Å². The van der Waals surface area contributed by atoms with Crippen LogP contribution >= 0.6 is 22.9 Å². The van der Waals surface area contributed by atoms with E-state index in [1.54, 1.807) is 23.1 Å². The molecule has 0 fully saturated rings. The van der Waals surface area contributed by atoms with Gasteiger partial charge in [0.05, 0.1) is 10.2 Å². The highest BCUT2D eigenvalue weighted by atomic mass is 35.5. The fourth-order valence-electron chi connectivity index (χ4n) is 3.46. The first-order valence-corrected chi connectivity index (χ1v) is 11.0. The molecule has 1 aliphatic heterocycles. The number of halogens is 1. The monoisotopic (exact) mass is 443 g/mol. The zero-order chi connectivity index (χ0) is 21.5. The molecule has 0 aliphatic carbocycles. The van der Waals surface area contributed by atoms with Gasteiger partial charge >= 0.3 is 0 Å². The van der Waals surface area contributed by atoms with E-state index >= 15 is 0 Å². The fraction of sp³-hybridized carbons (Fsp3) is 0.0800. The van der Waals surface area contributed by atoms with Crippen molar-refractivity contribution in [1.82, 2.24) is 4.98 Å². The molecule has 0 saturated carbocycles. The van der Waals surface area contributed by atoms with Crippen LogP contribution in [0.25, 0.3) is 16.3 Å². The summed E-state index contributed by atoms with van der Waals surface area (Å²) in [5.41, 5.74) is 5.36. The SMILES string of the molecule is Cc1cc2nc(N3C(=O)/C(=C/c4ccc(Cl)cc4)N=C3c3ccccc3)sc2cc1C. The Kier molecular flexibility index (Phi) is 4.93. The van der Waals surface area contributed by atoms with Crippen LogP contribution in [-0.4, -0.2) is 16.7 Å². The van der Waals surface area contributed by atoms with E-state index in [4.69, 9.17) is 21.6 Å². The molecule has 31 heavy (non-hydrogen) atoms. The molecule has 1 aliphatic rings. The summed E-state index contributed by atoms with van der Waals surface area (Å²) in [7, 11) is 0. The van der Waals surface area contributed by atoms with Gasteiger partial charge < -0.3 is 0 Å². The van der Waals surface area contributed by atoms with E-state index in [1.807, 2.05) is 42.5 Å². The predicted octanol–water partition coefficient (Wildman–Crippen LogP) is 6.40. The maximum absolute atomic E-state index is 13.5. The third-order valence-corrected chi connectivity index (χ3v) is 6.50. The van der Waals surface area contributed by atoms with Crippen molar-refractivity contribution in [2.75, 3.05) is 4.90 Å². The van der Waals surface area contributed by atoms with Crippen molar-refractivity contribution in [3.05, 3.63) is 99.7 Å². The molecule has 1 amide bonds. The van der Waals surface area contributed by atoms with Gasteiger partial charge in [-0.15, -0.1) is 0 Å². The molecule has 4 nitrogen and oxygen atoms in total. The lowest BCUT2D eigenvalue weighted by Gasteiger charge is -2.14. The smallest absolute Gasteiger partial charge is 0.266 e. The summed E-state index contributed by atoms with van der Waals surface area (Å²) in [6.45, 7) is 4.15. The standard InChI is InChI=1S/C25H18ClN3OS/c1-15-12-20-22(13-16(15)2)31-25(28-20)29-23(18-6-4-3-5-7-18)27-21(24(29)30)14-17-8-10-19(26)11-9-17/h3-14H,1-2H3/b21-14-. The van der Waals surface area contributed by atoms with Gasteiger partial charge in [-0.25, -0.2) is 14.9 Å². The topological polar surface area (TPSA) is 45.6 Å². The Balaban J connectivity index is 1.64. The van der Waals surface area contributed by atoms with Crippen molar-refractivity contribution in [1.29, 1.82) is 0 Å². The van der Waals surface area contributed by atoms with Gasteiger partial charge in [0.25, 0.3) is 5.91 Å². The number of thiazole rings is 1. The van der Waals surface area contributed by atoms with Gasteiger partial charge in [-0.2, -0.15) is 0 Å². The second-order valence-electron chi connectivity index (χ2n) is 7.42. The van der Waals surface area contributed by atoms with Gasteiger partial charge in [0.1, 0.15) is 11.5 Å². The summed E-state index contributed by atoms with van der Waals surface area (Å²) >= 11 is 7.49. The van der Waals surface area contributed by atoms with Crippen LogP contribution in [0.5, 0.6) is 0 Å². The summed E-state index contributed by atoms with van der Waals surface area (Å²) in [5, 5.41) is 1.27. The molecule has 3 aromatic carbocycles. The van der Waals surface area contributed by atoms with Crippen molar-refractivity contribution in [2.45, 2.75) is 13.8 Å². The zero-order valence-corrected chi connectivity index (χ0v) is 18.5. The second kappa shape index (κ2) is 7.76. The molecule has 0 spiro atoms. The van der Waals surface area contributed by atoms with Gasteiger partial charge in [-0.05, 0) is 60.9 Å². The number of rotatable bonds is 3. The summed E-state index contributed by atoms with van der Waals surface area (Å²) < 4.78 is 1.05. The first-order chi connectivity index (χ1) is 15.0. The fourth-order valence-corrected chi connectivity index (χ4v) is 4.63. The van der Waals surface area contributed by atoms with E-state index in [0.29, 0.717) is 21.7 Å². The molecule has 0 atom stereocenters. The predicted molar refractivity (Wildman–Crippen MR) is 129 cm³/mol. The van der Waals surface area contributed by atoms with Gasteiger partial charge in [0.15, 0.2) is 5.13 Å². The minimum atomic E-state index is -0.193. The van der Waals surface area contributed by atoms with Gasteiger partial charge in [0, 0.05) is 10.6 Å². The number of anilines is 1. The van der Waals surface area contributed by atoms with Gasteiger partial charge in [0.2, 0.25) is 0 Å². The summed E-state index contributed by atoms with van der Waals surface area (Å²) in [4.78, 5) is 24.6. The van der Waals surface area contributed by atoms with Crippen LogP contribution in [0.4, 0.5) is 5.13 Å². The van der Waals surface area contributed by atoms with Crippen LogP contribution in [0.1, 0.15) is 22.3 Å². The van der Waals surface area contributed by atoms with E-state index in [9.17, 15) is 4.79 Å². The molecule has 0 unspecified atom stereocenters. The quantitative estimate of drug-likeness (QED) is 0.344. The molecule has 0 N–H and O–H groups in total. The van der Waals surface area contributed by atoms with Crippen molar-refractivity contribution in [2.24, 2.45) is 4.99 Å². The van der Waals surface area contributed by atoms with Crippen LogP contribution < -0.4 is 4.90 Å². The third-order valence-electron chi connectivity index (χ3n) is 5.25. The summed E-state index contributed by atoms with van der Waals surface area (Å²) in [6.07, 6.45) is 1.78. The molecule has 6 heteroatoms. The van der Waals surface area contributed by atoms with Crippen LogP contribution in [0.15, 0.2) is 77.4 Å². The first-order valence-electron chi connectivity index (χ1n) is 9.83. The lowest BCUT2D eigenvalue weighted by molar-refractivity contribution is -0.113. The lowest BCUT2D eigenvalue weighted by Crippen LogP contribution is -2.32. The van der Waals surface area contributed by atoms with E-state index in [1.165, 1.54) is 22.5 Å². The Labute approximate surface area is 189 Å². The Morgan fingerprint density at radius 1 is 0.968 bits per heavy atom. The Morgan fingerprint density at radius 2 is 1.68 bits per heavy atom. The highest BCUT2D eigenvalue weighted by Gasteiger charge is 2.34. The van der Waals surface area contributed by atoms with Crippen molar-refractivity contribution in [3.8, 4) is 0 Å². The number of carbonyl (C=O) groups is 1. The molecular formula is C25H18ClN3OS. The van der Waals surface area contributed by atoms with Crippen LogP contribution in [0, 0.1) is 13.8 Å². The average molecular weight is 444 g/mol. The maximum atomic E-state index is 13.5. The molecular weight excluding hydrogens is 426 g/mol. The van der Waals surface area contributed by atoms with Crippen LogP contribution in [-0.2, 0) is 4.79 Å². The number of amides is 1. The Hall–Kier alpha value is -3.28. The van der Waals surface area contributed by atoms with E-state index in [2.05, 4.69) is 26.0 Å². The number of aromatic nitrogens is 1. The molecule has 0 radical (unpaired) electrons. The number of aliphatic imine (C=N–C) groups is 1. The van der Waals surface area contributed by atoms with Gasteiger partial charge in [-0.3, -0.25) is 4.79 Å². The number of carbonyl (C=O) groups excluding carboxylic acids is 1. The molecule has 2 heterocycles. The van der Waals surface area contributed by atoms with Crippen LogP contribution in [0.2, 0.25) is 5.02 Å². The number of nitrogens with zero attached hydrogens (tertiary/aromatic N) is 3. The van der Waals surface area contributed by atoms with Crippen molar-refractivity contribution >= 4 is 56.1 Å². The first kappa shape index (κ1) is 19.7. The normalized spacial score (nSPS) is 15.2. The highest BCUT2D eigenvalue weighted by molar-refractivity contribution is 7.22. The number of aryl methyl sites for hydroxylation is 2. The van der Waals surface area contributed by atoms with E-state index in [0.717, 1.165) is 21.3 Å². The molecule has 0 bridgehead atoms. The van der Waals surface area contributed by atoms with E-state index in [-0.39, 0.29) is 5.91 Å². The lowest BCUT2D eigenvalue weighted by atomic mass is 10.1. The van der Waals surface area contributed by atoms with Crippen LogP contribution in [0.3, 0.4) is 0 Å². The number of amidine groups is 1. The second-order valence-corrected chi connectivity index (χ2v) is 8.87. The Morgan fingerprint density at radius 3 is 2.42 bits per heavy atom.